The van der Waals surface area contributed by atoms with Crippen molar-refractivity contribution in [2.24, 2.45) is 5.92 Å². The molecule has 0 aliphatic heterocycles. The van der Waals surface area contributed by atoms with Crippen molar-refractivity contribution in [3.63, 3.8) is 0 Å². The Morgan fingerprint density at radius 2 is 1.86 bits per heavy atom. The highest BCUT2D eigenvalue weighted by molar-refractivity contribution is 5.86. The molecule has 0 N–H and O–H groups in total. The first-order valence-corrected chi connectivity index (χ1v) is 10.1. The van der Waals surface area contributed by atoms with Gasteiger partial charge in [0.2, 0.25) is 0 Å². The molecule has 142 valence electrons. The van der Waals surface area contributed by atoms with Crippen molar-refractivity contribution in [1.82, 2.24) is 19.2 Å². The summed E-state index contributed by atoms with van der Waals surface area (Å²) in [7, 11) is 0. The molecule has 0 amide bonds. The molecule has 1 fully saturated rings. The van der Waals surface area contributed by atoms with Crippen molar-refractivity contribution in [3.05, 3.63) is 64.8 Å². The van der Waals surface area contributed by atoms with Gasteiger partial charge in [-0.3, -0.25) is 4.79 Å². The van der Waals surface area contributed by atoms with Gasteiger partial charge >= 0.3 is 0 Å². The fraction of sp³-hybridized carbons (Fsp3) is 0.348. The Morgan fingerprint density at radius 1 is 1.07 bits per heavy atom. The van der Waals surface area contributed by atoms with Gasteiger partial charge in [0, 0.05) is 24.0 Å². The summed E-state index contributed by atoms with van der Waals surface area (Å²) in [5.74, 6) is 0.525. The fourth-order valence-electron chi connectivity index (χ4n) is 4.70. The maximum atomic E-state index is 13.3. The SMILES string of the molecule is Cc1nn2c(ncc3c(=O)n(C4CCCCC4C)ccc32)c1-c1ccccc1. The van der Waals surface area contributed by atoms with Crippen molar-refractivity contribution in [2.45, 2.75) is 45.6 Å². The average Bonchev–Trinajstić information content (AvgIpc) is 3.06. The lowest BCUT2D eigenvalue weighted by Crippen LogP contribution is -2.30. The lowest BCUT2D eigenvalue weighted by molar-refractivity contribution is 0.253. The molecule has 3 heterocycles. The molecule has 5 heteroatoms. The number of rotatable bonds is 2. The minimum Gasteiger partial charge on any atom is -0.312 e. The Kier molecular flexibility index (Phi) is 4.04. The monoisotopic (exact) mass is 372 g/mol. The highest BCUT2D eigenvalue weighted by Crippen LogP contribution is 2.33. The molecule has 0 radical (unpaired) electrons. The maximum absolute atomic E-state index is 13.3. The van der Waals surface area contributed by atoms with Gasteiger partial charge in [-0.15, -0.1) is 0 Å². The molecule has 0 bridgehead atoms. The van der Waals surface area contributed by atoms with Crippen LogP contribution in [0, 0.1) is 12.8 Å². The molecule has 4 aromatic rings. The second kappa shape index (κ2) is 6.59. The van der Waals surface area contributed by atoms with Crippen LogP contribution >= 0.6 is 0 Å². The largest absolute Gasteiger partial charge is 0.312 e. The zero-order valence-corrected chi connectivity index (χ0v) is 16.3. The van der Waals surface area contributed by atoms with Gasteiger partial charge in [-0.2, -0.15) is 5.10 Å². The van der Waals surface area contributed by atoms with E-state index in [-0.39, 0.29) is 11.6 Å². The maximum Gasteiger partial charge on any atom is 0.261 e. The van der Waals surface area contributed by atoms with Crippen molar-refractivity contribution >= 4 is 16.6 Å². The Balaban J connectivity index is 1.72. The number of hydrogen-bond acceptors (Lipinski definition) is 3. The number of hydrogen-bond donors (Lipinski definition) is 0. The summed E-state index contributed by atoms with van der Waals surface area (Å²) < 4.78 is 3.75. The third kappa shape index (κ3) is 2.57. The van der Waals surface area contributed by atoms with Gasteiger partial charge in [0.25, 0.3) is 5.56 Å². The van der Waals surface area contributed by atoms with Crippen molar-refractivity contribution in [3.8, 4) is 11.1 Å². The van der Waals surface area contributed by atoms with E-state index in [4.69, 9.17) is 5.10 Å². The van der Waals surface area contributed by atoms with Crippen LogP contribution in [0.15, 0.2) is 53.6 Å². The number of fused-ring (bicyclic) bond motifs is 3. The van der Waals surface area contributed by atoms with E-state index in [2.05, 4.69) is 24.0 Å². The molecule has 28 heavy (non-hydrogen) atoms. The number of aryl methyl sites for hydroxylation is 1. The molecule has 0 saturated heterocycles. The second-order valence-electron chi connectivity index (χ2n) is 7.98. The van der Waals surface area contributed by atoms with Gasteiger partial charge in [-0.05, 0) is 37.3 Å². The van der Waals surface area contributed by atoms with E-state index in [9.17, 15) is 4.79 Å². The van der Waals surface area contributed by atoms with Gasteiger partial charge < -0.3 is 4.57 Å². The summed E-state index contributed by atoms with van der Waals surface area (Å²) in [5, 5.41) is 5.36. The molecule has 0 spiro atoms. The standard InChI is InChI=1S/C23H24N4O/c1-15-8-6-7-11-19(15)26-13-12-20-18(23(26)28)14-24-22-21(16(2)25-27(20)22)17-9-4-3-5-10-17/h3-5,9-10,12-15,19H,6-8,11H2,1-2H3. The number of nitrogens with zero attached hydrogens (tertiary/aromatic N) is 4. The van der Waals surface area contributed by atoms with E-state index in [1.54, 1.807) is 6.20 Å². The summed E-state index contributed by atoms with van der Waals surface area (Å²) in [4.78, 5) is 17.9. The fourth-order valence-corrected chi connectivity index (χ4v) is 4.70. The Hall–Kier alpha value is -2.95. The molecular weight excluding hydrogens is 348 g/mol. The number of benzene rings is 1. The predicted octanol–water partition coefficient (Wildman–Crippen LogP) is 4.77. The zero-order chi connectivity index (χ0) is 19.3. The molecule has 1 saturated carbocycles. The first kappa shape index (κ1) is 17.2. The third-order valence-electron chi connectivity index (χ3n) is 6.20. The van der Waals surface area contributed by atoms with Crippen molar-refractivity contribution in [2.75, 3.05) is 0 Å². The molecule has 5 nitrogen and oxygen atoms in total. The van der Waals surface area contributed by atoms with Crippen LogP contribution in [0.1, 0.15) is 44.3 Å². The first-order chi connectivity index (χ1) is 13.6. The minimum atomic E-state index is 0.0417. The molecule has 1 aliphatic rings. The Labute approximate surface area is 163 Å². The Morgan fingerprint density at radius 3 is 2.64 bits per heavy atom. The molecule has 3 aromatic heterocycles. The summed E-state index contributed by atoms with van der Waals surface area (Å²) >= 11 is 0. The van der Waals surface area contributed by atoms with Gasteiger partial charge in [-0.1, -0.05) is 50.1 Å². The van der Waals surface area contributed by atoms with E-state index in [1.807, 2.05) is 46.5 Å². The van der Waals surface area contributed by atoms with E-state index >= 15 is 0 Å². The third-order valence-corrected chi connectivity index (χ3v) is 6.20. The molecule has 1 aromatic carbocycles. The van der Waals surface area contributed by atoms with E-state index < -0.39 is 0 Å². The topological polar surface area (TPSA) is 52.2 Å². The van der Waals surface area contributed by atoms with E-state index in [1.165, 1.54) is 19.3 Å². The summed E-state index contributed by atoms with van der Waals surface area (Å²) in [5.41, 5.74) is 4.68. The molecule has 2 unspecified atom stereocenters. The normalized spacial score (nSPS) is 20.1. The highest BCUT2D eigenvalue weighted by atomic mass is 16.1. The quantitative estimate of drug-likeness (QED) is 0.509. The second-order valence-corrected chi connectivity index (χ2v) is 7.98. The van der Waals surface area contributed by atoms with Gasteiger partial charge in [0.05, 0.1) is 16.6 Å². The molecule has 2 atom stereocenters. The van der Waals surface area contributed by atoms with Crippen LogP contribution in [0.2, 0.25) is 0 Å². The van der Waals surface area contributed by atoms with E-state index in [0.717, 1.165) is 34.4 Å². The van der Waals surface area contributed by atoms with Gasteiger partial charge in [0.1, 0.15) is 0 Å². The van der Waals surface area contributed by atoms with Gasteiger partial charge in [-0.25, -0.2) is 9.50 Å². The number of pyridine rings is 1. The van der Waals surface area contributed by atoms with Crippen LogP contribution in [0.5, 0.6) is 0 Å². The molecule has 5 rings (SSSR count). The van der Waals surface area contributed by atoms with Crippen molar-refractivity contribution in [1.29, 1.82) is 0 Å². The zero-order valence-electron chi connectivity index (χ0n) is 16.3. The first-order valence-electron chi connectivity index (χ1n) is 10.1. The summed E-state index contributed by atoms with van der Waals surface area (Å²) in [6.07, 6.45) is 8.39. The van der Waals surface area contributed by atoms with Crippen LogP contribution in [0.3, 0.4) is 0 Å². The van der Waals surface area contributed by atoms with Crippen LogP contribution in [-0.2, 0) is 0 Å². The van der Waals surface area contributed by atoms with Crippen LogP contribution < -0.4 is 5.56 Å². The molecular formula is C23H24N4O. The summed E-state index contributed by atoms with van der Waals surface area (Å²) in [6.45, 7) is 4.25. The number of aromatic nitrogens is 4. The van der Waals surface area contributed by atoms with Crippen LogP contribution in [-0.4, -0.2) is 19.2 Å². The smallest absolute Gasteiger partial charge is 0.261 e. The van der Waals surface area contributed by atoms with Crippen molar-refractivity contribution < 1.29 is 0 Å². The van der Waals surface area contributed by atoms with Crippen LogP contribution in [0.4, 0.5) is 0 Å². The summed E-state index contributed by atoms with van der Waals surface area (Å²) in [6, 6.07) is 12.5. The lowest BCUT2D eigenvalue weighted by atomic mass is 9.85. The highest BCUT2D eigenvalue weighted by Gasteiger charge is 2.24. The minimum absolute atomic E-state index is 0.0417. The van der Waals surface area contributed by atoms with E-state index in [0.29, 0.717) is 11.3 Å². The average molecular weight is 372 g/mol. The predicted molar refractivity (Wildman–Crippen MR) is 112 cm³/mol. The molecule has 1 aliphatic carbocycles. The Bertz CT molecular complexity index is 1220. The van der Waals surface area contributed by atoms with Gasteiger partial charge in [0.15, 0.2) is 5.65 Å². The van der Waals surface area contributed by atoms with Crippen LogP contribution in [0.25, 0.3) is 27.7 Å². The lowest BCUT2D eigenvalue weighted by Gasteiger charge is -2.30.